The van der Waals surface area contributed by atoms with Crippen molar-refractivity contribution in [3.8, 4) is 0 Å². The van der Waals surface area contributed by atoms with Gasteiger partial charge in [0.05, 0.1) is 17.6 Å². The quantitative estimate of drug-likeness (QED) is 0.898. The fourth-order valence-corrected chi connectivity index (χ4v) is 3.39. The molecule has 0 aliphatic carbocycles. The first-order valence-electron chi connectivity index (χ1n) is 7.00. The van der Waals surface area contributed by atoms with Gasteiger partial charge in [0.25, 0.3) is 0 Å². The molecule has 8 heteroatoms. The number of para-hydroxylation sites is 1. The fraction of sp³-hybridized carbons (Fsp3) is 0.188. The number of hydrogen-bond acceptors (Lipinski definition) is 3. The van der Waals surface area contributed by atoms with Crippen LogP contribution in [0.3, 0.4) is 0 Å². The van der Waals surface area contributed by atoms with Crippen LogP contribution < -0.4 is 9.62 Å². The molecule has 0 fully saturated rings. The summed E-state index contributed by atoms with van der Waals surface area (Å²) in [5, 5.41) is 2.27. The molecule has 0 saturated heterocycles. The molecule has 0 saturated carbocycles. The summed E-state index contributed by atoms with van der Waals surface area (Å²) < 4.78 is 51.6. The molecule has 1 N–H and O–H groups in total. The molecule has 24 heavy (non-hydrogen) atoms. The SMILES string of the molecule is C[C@H](C(=O)Nc1ccc(F)cc1F)N(c1ccccc1)S(C)(=O)=O. The van der Waals surface area contributed by atoms with Crippen molar-refractivity contribution < 1.29 is 22.0 Å². The lowest BCUT2D eigenvalue weighted by atomic mass is 10.2. The van der Waals surface area contributed by atoms with Gasteiger partial charge in [-0.05, 0) is 31.2 Å². The normalized spacial score (nSPS) is 12.5. The summed E-state index contributed by atoms with van der Waals surface area (Å²) in [4.78, 5) is 12.3. The lowest BCUT2D eigenvalue weighted by Crippen LogP contribution is -2.45. The number of benzene rings is 2. The molecule has 0 bridgehead atoms. The van der Waals surface area contributed by atoms with Crippen LogP contribution in [0.4, 0.5) is 20.2 Å². The fourth-order valence-electron chi connectivity index (χ4n) is 2.21. The Balaban J connectivity index is 2.29. The first-order valence-corrected chi connectivity index (χ1v) is 8.85. The Hall–Kier alpha value is -2.48. The third-order valence-electron chi connectivity index (χ3n) is 3.29. The summed E-state index contributed by atoms with van der Waals surface area (Å²) in [5.74, 6) is -2.46. The van der Waals surface area contributed by atoms with E-state index in [0.717, 1.165) is 22.7 Å². The molecule has 0 radical (unpaired) electrons. The van der Waals surface area contributed by atoms with E-state index in [0.29, 0.717) is 11.8 Å². The molecule has 0 aliphatic rings. The molecular formula is C16H16F2N2O3S. The van der Waals surface area contributed by atoms with Crippen molar-refractivity contribution in [3.05, 3.63) is 60.2 Å². The van der Waals surface area contributed by atoms with Crippen LogP contribution in [0.5, 0.6) is 0 Å². The van der Waals surface area contributed by atoms with E-state index in [4.69, 9.17) is 0 Å². The summed E-state index contributed by atoms with van der Waals surface area (Å²) in [6.07, 6.45) is 0.974. The van der Waals surface area contributed by atoms with Crippen LogP contribution in [-0.4, -0.2) is 26.6 Å². The maximum absolute atomic E-state index is 13.6. The summed E-state index contributed by atoms with van der Waals surface area (Å²) in [6.45, 7) is 1.38. The van der Waals surface area contributed by atoms with Crippen LogP contribution in [0.1, 0.15) is 6.92 Å². The Morgan fingerprint density at radius 3 is 2.29 bits per heavy atom. The van der Waals surface area contributed by atoms with Crippen molar-refractivity contribution in [3.63, 3.8) is 0 Å². The largest absolute Gasteiger partial charge is 0.322 e. The number of halogens is 2. The highest BCUT2D eigenvalue weighted by Crippen LogP contribution is 2.22. The van der Waals surface area contributed by atoms with Crippen LogP contribution in [0.2, 0.25) is 0 Å². The molecule has 1 amide bonds. The second kappa shape index (κ2) is 6.96. The van der Waals surface area contributed by atoms with Crippen molar-refractivity contribution in [1.82, 2.24) is 0 Å². The zero-order chi connectivity index (χ0) is 17.9. The Kier molecular flexibility index (Phi) is 5.18. The van der Waals surface area contributed by atoms with Gasteiger partial charge in [-0.2, -0.15) is 0 Å². The number of carbonyl (C=O) groups excluding carboxylic acids is 1. The molecule has 2 aromatic carbocycles. The Morgan fingerprint density at radius 2 is 1.75 bits per heavy atom. The molecule has 0 aromatic heterocycles. The predicted molar refractivity (Wildman–Crippen MR) is 88.2 cm³/mol. The van der Waals surface area contributed by atoms with Crippen molar-refractivity contribution >= 4 is 27.3 Å². The standard InChI is InChI=1S/C16H16F2N2O3S/c1-11(16(21)19-15-9-8-12(17)10-14(15)18)20(24(2,22)23)13-6-4-3-5-7-13/h3-11H,1-2H3,(H,19,21)/t11-/m1/s1. The van der Waals surface area contributed by atoms with Crippen LogP contribution in [0.25, 0.3) is 0 Å². The second-order valence-corrected chi connectivity index (χ2v) is 7.04. The molecule has 2 rings (SSSR count). The summed E-state index contributed by atoms with van der Waals surface area (Å²) in [6, 6.07) is 9.64. The second-order valence-electron chi connectivity index (χ2n) is 5.18. The molecule has 2 aromatic rings. The smallest absolute Gasteiger partial charge is 0.248 e. The highest BCUT2D eigenvalue weighted by Gasteiger charge is 2.29. The van der Waals surface area contributed by atoms with Gasteiger partial charge in [-0.15, -0.1) is 0 Å². The van der Waals surface area contributed by atoms with Gasteiger partial charge in [0.15, 0.2) is 0 Å². The zero-order valence-electron chi connectivity index (χ0n) is 13.0. The average Bonchev–Trinajstić information content (AvgIpc) is 2.49. The van der Waals surface area contributed by atoms with E-state index in [1.807, 2.05) is 0 Å². The number of amides is 1. The number of hydrogen-bond donors (Lipinski definition) is 1. The number of carbonyl (C=O) groups is 1. The van der Waals surface area contributed by atoms with Gasteiger partial charge in [0, 0.05) is 6.07 Å². The van der Waals surface area contributed by atoms with Gasteiger partial charge >= 0.3 is 0 Å². The van der Waals surface area contributed by atoms with E-state index in [2.05, 4.69) is 5.32 Å². The minimum atomic E-state index is -3.75. The minimum Gasteiger partial charge on any atom is -0.322 e. The zero-order valence-corrected chi connectivity index (χ0v) is 13.8. The molecule has 1 atom stereocenters. The summed E-state index contributed by atoms with van der Waals surface area (Å²) >= 11 is 0. The number of sulfonamides is 1. The van der Waals surface area contributed by atoms with Crippen LogP contribution in [0, 0.1) is 11.6 Å². The van der Waals surface area contributed by atoms with E-state index in [9.17, 15) is 22.0 Å². The van der Waals surface area contributed by atoms with Crippen LogP contribution in [-0.2, 0) is 14.8 Å². The van der Waals surface area contributed by atoms with Crippen molar-refractivity contribution in [2.75, 3.05) is 15.9 Å². The first kappa shape index (κ1) is 17.9. The summed E-state index contributed by atoms with van der Waals surface area (Å²) in [7, 11) is -3.75. The minimum absolute atomic E-state index is 0.227. The lowest BCUT2D eigenvalue weighted by Gasteiger charge is -2.28. The van der Waals surface area contributed by atoms with Crippen molar-refractivity contribution in [2.24, 2.45) is 0 Å². The number of anilines is 2. The maximum Gasteiger partial charge on any atom is 0.248 e. The highest BCUT2D eigenvalue weighted by atomic mass is 32.2. The third kappa shape index (κ3) is 4.08. The molecule has 128 valence electrons. The van der Waals surface area contributed by atoms with Gasteiger partial charge in [0.1, 0.15) is 17.7 Å². The monoisotopic (exact) mass is 354 g/mol. The summed E-state index contributed by atoms with van der Waals surface area (Å²) in [5.41, 5.74) is 0.0805. The predicted octanol–water partition coefficient (Wildman–Crippen LogP) is 2.76. The Morgan fingerprint density at radius 1 is 1.12 bits per heavy atom. The number of nitrogens with one attached hydrogen (secondary N) is 1. The Bertz CT molecular complexity index is 842. The topological polar surface area (TPSA) is 66.5 Å². The van der Waals surface area contributed by atoms with Crippen molar-refractivity contribution in [2.45, 2.75) is 13.0 Å². The van der Waals surface area contributed by atoms with Gasteiger partial charge < -0.3 is 5.32 Å². The lowest BCUT2D eigenvalue weighted by molar-refractivity contribution is -0.116. The maximum atomic E-state index is 13.6. The number of rotatable bonds is 5. The Labute approximate surface area is 139 Å². The van der Waals surface area contributed by atoms with Crippen molar-refractivity contribution in [1.29, 1.82) is 0 Å². The molecule has 0 spiro atoms. The van der Waals surface area contributed by atoms with E-state index in [1.165, 1.54) is 6.92 Å². The molecule has 5 nitrogen and oxygen atoms in total. The molecular weight excluding hydrogens is 338 g/mol. The average molecular weight is 354 g/mol. The highest BCUT2D eigenvalue weighted by molar-refractivity contribution is 7.92. The van der Waals surface area contributed by atoms with Crippen LogP contribution >= 0.6 is 0 Å². The first-order chi connectivity index (χ1) is 11.2. The van der Waals surface area contributed by atoms with E-state index < -0.39 is 33.6 Å². The van der Waals surface area contributed by atoms with E-state index in [-0.39, 0.29) is 5.69 Å². The van der Waals surface area contributed by atoms with E-state index >= 15 is 0 Å². The molecule has 0 unspecified atom stereocenters. The third-order valence-corrected chi connectivity index (χ3v) is 4.53. The van der Waals surface area contributed by atoms with Gasteiger partial charge in [-0.1, -0.05) is 18.2 Å². The van der Waals surface area contributed by atoms with Crippen LogP contribution in [0.15, 0.2) is 48.5 Å². The molecule has 0 aliphatic heterocycles. The van der Waals surface area contributed by atoms with Gasteiger partial charge in [-0.3, -0.25) is 9.10 Å². The number of nitrogens with zero attached hydrogens (tertiary/aromatic N) is 1. The van der Waals surface area contributed by atoms with Gasteiger partial charge in [-0.25, -0.2) is 17.2 Å². The van der Waals surface area contributed by atoms with E-state index in [1.54, 1.807) is 30.3 Å². The van der Waals surface area contributed by atoms with Gasteiger partial charge in [0.2, 0.25) is 15.9 Å². The molecule has 0 heterocycles.